The highest BCUT2D eigenvalue weighted by molar-refractivity contribution is 7.98. The van der Waals surface area contributed by atoms with E-state index in [2.05, 4.69) is 10.6 Å². The quantitative estimate of drug-likeness (QED) is 0.322. The second-order valence-corrected chi connectivity index (χ2v) is 13.4. The lowest BCUT2D eigenvalue weighted by Crippen LogP contribution is -2.58. The summed E-state index contributed by atoms with van der Waals surface area (Å²) in [6.45, 7) is 16.7. The molecule has 0 aromatic heterocycles. The Morgan fingerprint density at radius 2 is 1.65 bits per heavy atom. The molecule has 2 rings (SSSR count). The average Bonchev–Trinajstić information content (AvgIpc) is 2.81. The summed E-state index contributed by atoms with van der Waals surface area (Å²) < 4.78 is 5.47. The Hall–Kier alpha value is -2.71. The topological polar surface area (TPSA) is 87.7 Å². The van der Waals surface area contributed by atoms with Gasteiger partial charge in [-0.05, 0) is 103 Å². The third kappa shape index (κ3) is 9.16. The molecule has 2 N–H and O–H groups in total. The number of alkyl carbamates (subject to hydrolysis) is 1. The van der Waals surface area contributed by atoms with Gasteiger partial charge in [-0.3, -0.25) is 9.59 Å². The van der Waals surface area contributed by atoms with Crippen LogP contribution < -0.4 is 10.6 Å². The van der Waals surface area contributed by atoms with Gasteiger partial charge in [0.15, 0.2) is 0 Å². The molecular weight excluding hydrogens is 546 g/mol. The smallest absolute Gasteiger partial charge is 0.408 e. The Kier molecular flexibility index (Phi) is 11.5. The molecule has 0 saturated heterocycles. The van der Waals surface area contributed by atoms with Crippen molar-refractivity contribution in [3.8, 4) is 0 Å². The zero-order valence-corrected chi connectivity index (χ0v) is 27.0. The third-order valence-corrected chi connectivity index (χ3v) is 7.22. The lowest BCUT2D eigenvalue weighted by atomic mass is 9.91. The summed E-state index contributed by atoms with van der Waals surface area (Å²) in [5.74, 6) is -0.137. The normalized spacial score (nSPS) is 13.3. The second-order valence-electron chi connectivity index (χ2n) is 12.0. The highest BCUT2D eigenvalue weighted by Crippen LogP contribution is 2.35. The minimum atomic E-state index is -1.000. The standard InChI is InChI=1S/C31H44ClN3O4S/c1-19-14-15-20(2)22(18-19)26(27(36)34-25-21(3)12-11-13-23(25)32)35(30(4,5)6)28(37)24(16-17-40-10)33-29(38)39-31(7,8)9/h11-15,18,24,26H,16-17H2,1-10H3,(H,33,38)(H,34,36). The van der Waals surface area contributed by atoms with Crippen molar-refractivity contribution >= 4 is 47.0 Å². The fraction of sp³-hybridized carbons (Fsp3) is 0.516. The van der Waals surface area contributed by atoms with Gasteiger partial charge in [-0.15, -0.1) is 0 Å². The maximum Gasteiger partial charge on any atom is 0.408 e. The van der Waals surface area contributed by atoms with E-state index >= 15 is 0 Å². The molecule has 0 aliphatic carbocycles. The summed E-state index contributed by atoms with van der Waals surface area (Å²) in [6.07, 6.45) is 1.63. The van der Waals surface area contributed by atoms with Crippen LogP contribution in [0.15, 0.2) is 36.4 Å². The van der Waals surface area contributed by atoms with Gasteiger partial charge < -0.3 is 20.3 Å². The van der Waals surface area contributed by atoms with Crippen LogP contribution in [0.1, 0.15) is 76.3 Å². The monoisotopic (exact) mass is 589 g/mol. The van der Waals surface area contributed by atoms with E-state index in [0.717, 1.165) is 16.7 Å². The molecule has 7 nitrogen and oxygen atoms in total. The molecule has 0 heterocycles. The summed E-state index contributed by atoms with van der Waals surface area (Å²) in [5, 5.41) is 6.19. The zero-order valence-electron chi connectivity index (χ0n) is 25.4. The number of anilines is 1. The summed E-state index contributed by atoms with van der Waals surface area (Å²) in [6, 6.07) is 9.35. The largest absolute Gasteiger partial charge is 0.444 e. The number of amides is 3. The summed E-state index contributed by atoms with van der Waals surface area (Å²) >= 11 is 8.04. The number of nitrogens with one attached hydrogen (secondary N) is 2. The molecule has 220 valence electrons. The van der Waals surface area contributed by atoms with Gasteiger partial charge in [-0.2, -0.15) is 11.8 Å². The summed E-state index contributed by atoms with van der Waals surface area (Å²) in [4.78, 5) is 43.1. The SMILES string of the molecule is CSCCC(NC(=O)OC(C)(C)C)C(=O)N(C(C(=O)Nc1c(C)cccc1Cl)c1cc(C)ccc1C)C(C)(C)C. The van der Waals surface area contributed by atoms with Crippen LogP contribution in [0.3, 0.4) is 0 Å². The molecule has 3 amide bonds. The van der Waals surface area contributed by atoms with Crippen LogP contribution in [0, 0.1) is 20.8 Å². The Balaban J connectivity index is 2.68. The number of para-hydroxylation sites is 1. The lowest BCUT2D eigenvalue weighted by molar-refractivity contribution is -0.146. The predicted octanol–water partition coefficient (Wildman–Crippen LogP) is 7.22. The van der Waals surface area contributed by atoms with Crippen molar-refractivity contribution in [2.75, 3.05) is 17.3 Å². The van der Waals surface area contributed by atoms with E-state index in [1.54, 1.807) is 43.5 Å². The van der Waals surface area contributed by atoms with Crippen LogP contribution >= 0.6 is 23.4 Å². The highest BCUT2D eigenvalue weighted by atomic mass is 35.5. The highest BCUT2D eigenvalue weighted by Gasteiger charge is 2.42. The molecule has 0 bridgehead atoms. The van der Waals surface area contributed by atoms with Crippen LogP contribution in [0.25, 0.3) is 0 Å². The van der Waals surface area contributed by atoms with Crippen molar-refractivity contribution in [3.63, 3.8) is 0 Å². The minimum Gasteiger partial charge on any atom is -0.444 e. The van der Waals surface area contributed by atoms with E-state index < -0.39 is 35.2 Å². The van der Waals surface area contributed by atoms with Crippen molar-refractivity contribution in [2.24, 2.45) is 0 Å². The van der Waals surface area contributed by atoms with E-state index in [4.69, 9.17) is 16.3 Å². The number of thioether (sulfide) groups is 1. The molecule has 2 atom stereocenters. The lowest BCUT2D eigenvalue weighted by Gasteiger charge is -2.43. The number of halogens is 1. The van der Waals surface area contributed by atoms with Gasteiger partial charge in [0.25, 0.3) is 5.91 Å². The molecule has 0 spiro atoms. The molecule has 2 unspecified atom stereocenters. The Morgan fingerprint density at radius 1 is 1.00 bits per heavy atom. The molecule has 2 aromatic carbocycles. The Morgan fingerprint density at radius 3 is 2.20 bits per heavy atom. The number of benzene rings is 2. The third-order valence-electron chi connectivity index (χ3n) is 6.27. The Bertz CT molecular complexity index is 1200. The molecule has 2 aromatic rings. The van der Waals surface area contributed by atoms with Crippen LogP contribution in [-0.2, 0) is 14.3 Å². The van der Waals surface area contributed by atoms with E-state index in [1.165, 1.54) is 0 Å². The van der Waals surface area contributed by atoms with Gasteiger partial charge in [0, 0.05) is 5.54 Å². The van der Waals surface area contributed by atoms with Gasteiger partial charge in [0.1, 0.15) is 17.7 Å². The first-order valence-corrected chi connectivity index (χ1v) is 15.2. The van der Waals surface area contributed by atoms with E-state index in [0.29, 0.717) is 28.4 Å². The van der Waals surface area contributed by atoms with Crippen molar-refractivity contribution in [2.45, 2.75) is 92.0 Å². The van der Waals surface area contributed by atoms with Gasteiger partial charge in [-0.1, -0.05) is 47.5 Å². The number of rotatable bonds is 9. The van der Waals surface area contributed by atoms with Crippen molar-refractivity contribution < 1.29 is 19.1 Å². The molecule has 40 heavy (non-hydrogen) atoms. The number of carbonyl (C=O) groups is 3. The van der Waals surface area contributed by atoms with Crippen LogP contribution in [0.5, 0.6) is 0 Å². The predicted molar refractivity (Wildman–Crippen MR) is 166 cm³/mol. The first-order chi connectivity index (χ1) is 18.5. The summed E-state index contributed by atoms with van der Waals surface area (Å²) in [5.41, 5.74) is 2.30. The number of hydrogen-bond donors (Lipinski definition) is 2. The average molecular weight is 590 g/mol. The van der Waals surface area contributed by atoms with Gasteiger partial charge in [0.05, 0.1) is 10.7 Å². The van der Waals surface area contributed by atoms with Crippen molar-refractivity contribution in [1.82, 2.24) is 10.2 Å². The fourth-order valence-corrected chi connectivity index (χ4v) is 5.13. The second kappa shape index (κ2) is 13.8. The zero-order chi connectivity index (χ0) is 30.4. The molecule has 0 saturated carbocycles. The van der Waals surface area contributed by atoms with Gasteiger partial charge in [0.2, 0.25) is 5.91 Å². The van der Waals surface area contributed by atoms with Gasteiger partial charge >= 0.3 is 6.09 Å². The fourth-order valence-electron chi connectivity index (χ4n) is 4.39. The first-order valence-electron chi connectivity index (χ1n) is 13.4. The van der Waals surface area contributed by atoms with E-state index in [9.17, 15) is 14.4 Å². The minimum absolute atomic E-state index is 0.371. The van der Waals surface area contributed by atoms with Crippen molar-refractivity contribution in [3.05, 3.63) is 63.7 Å². The molecule has 0 radical (unpaired) electrons. The van der Waals surface area contributed by atoms with E-state index in [-0.39, 0.29) is 5.91 Å². The number of aryl methyl sites for hydroxylation is 3. The van der Waals surface area contributed by atoms with E-state index in [1.807, 2.05) is 78.1 Å². The number of hydrogen-bond acceptors (Lipinski definition) is 5. The molecular formula is C31H44ClN3O4S. The van der Waals surface area contributed by atoms with Crippen LogP contribution in [0.2, 0.25) is 5.02 Å². The van der Waals surface area contributed by atoms with Crippen LogP contribution in [0.4, 0.5) is 10.5 Å². The maximum atomic E-state index is 14.4. The summed E-state index contributed by atoms with van der Waals surface area (Å²) in [7, 11) is 0. The molecule has 9 heteroatoms. The van der Waals surface area contributed by atoms with Crippen LogP contribution in [-0.4, -0.2) is 52.0 Å². The molecule has 0 aliphatic heterocycles. The molecule has 0 aliphatic rings. The number of ether oxygens (including phenoxy) is 1. The number of nitrogens with zero attached hydrogens (tertiary/aromatic N) is 1. The maximum absolute atomic E-state index is 14.4. The van der Waals surface area contributed by atoms with Gasteiger partial charge in [-0.25, -0.2) is 4.79 Å². The van der Waals surface area contributed by atoms with Crippen molar-refractivity contribution in [1.29, 1.82) is 0 Å². The molecule has 0 fully saturated rings. The number of carbonyl (C=O) groups excluding carboxylic acids is 3. The Labute approximate surface area is 248 Å². The first kappa shape index (κ1) is 33.5.